The number of rotatable bonds is 4. The van der Waals surface area contributed by atoms with E-state index in [9.17, 15) is 9.59 Å². The van der Waals surface area contributed by atoms with Gasteiger partial charge in [0.15, 0.2) is 0 Å². The molecule has 1 saturated heterocycles. The van der Waals surface area contributed by atoms with Gasteiger partial charge in [0.1, 0.15) is 0 Å². The molecule has 1 aliphatic heterocycles. The molecule has 0 aliphatic carbocycles. The minimum atomic E-state index is -0.103. The number of nitrogens with one attached hydrogen (secondary N) is 3. The predicted octanol–water partition coefficient (Wildman–Crippen LogP) is 0.662. The van der Waals surface area contributed by atoms with Crippen molar-refractivity contribution in [1.29, 1.82) is 0 Å². The fourth-order valence-corrected chi connectivity index (χ4v) is 2.33. The molecule has 108 valence electrons. The van der Waals surface area contributed by atoms with Gasteiger partial charge in [0, 0.05) is 25.7 Å². The average Bonchev–Trinajstić information content (AvgIpc) is 2.53. The van der Waals surface area contributed by atoms with E-state index in [0.29, 0.717) is 12.1 Å². The summed E-state index contributed by atoms with van der Waals surface area (Å²) in [6.45, 7) is 2.27. The second-order valence-electron chi connectivity index (χ2n) is 5.04. The Hall–Kier alpha value is -1.88. The van der Waals surface area contributed by atoms with Crippen molar-refractivity contribution in [3.63, 3.8) is 0 Å². The molecule has 1 aromatic rings. The second kappa shape index (κ2) is 7.05. The summed E-state index contributed by atoms with van der Waals surface area (Å²) in [5.41, 5.74) is 1.62. The molecule has 0 radical (unpaired) electrons. The minimum absolute atomic E-state index is 0.0777. The largest absolute Gasteiger partial charge is 0.355 e. The Bertz CT molecular complexity index is 465. The Labute approximate surface area is 119 Å². The summed E-state index contributed by atoms with van der Waals surface area (Å²) in [7, 11) is 1.61. The lowest BCUT2D eigenvalue weighted by Gasteiger charge is -2.21. The lowest BCUT2D eigenvalue weighted by molar-refractivity contribution is -0.125. The van der Waals surface area contributed by atoms with Crippen molar-refractivity contribution in [2.45, 2.75) is 19.4 Å². The Morgan fingerprint density at radius 3 is 2.65 bits per heavy atom. The molecular formula is C15H21N3O2. The van der Waals surface area contributed by atoms with E-state index in [2.05, 4.69) is 16.0 Å². The summed E-state index contributed by atoms with van der Waals surface area (Å²) >= 11 is 0. The van der Waals surface area contributed by atoms with Crippen LogP contribution in [0.5, 0.6) is 0 Å². The van der Waals surface area contributed by atoms with Crippen LogP contribution in [0.2, 0.25) is 0 Å². The van der Waals surface area contributed by atoms with Gasteiger partial charge in [-0.15, -0.1) is 0 Å². The fraction of sp³-hybridized carbons (Fsp3) is 0.467. The minimum Gasteiger partial charge on any atom is -0.355 e. The molecular weight excluding hydrogens is 254 g/mol. The van der Waals surface area contributed by atoms with Crippen molar-refractivity contribution in [2.75, 3.05) is 20.1 Å². The van der Waals surface area contributed by atoms with E-state index in [4.69, 9.17) is 0 Å². The van der Waals surface area contributed by atoms with Gasteiger partial charge in [-0.05, 0) is 37.1 Å². The van der Waals surface area contributed by atoms with Gasteiger partial charge >= 0.3 is 0 Å². The maximum atomic E-state index is 12.0. The van der Waals surface area contributed by atoms with Gasteiger partial charge in [-0.3, -0.25) is 9.59 Å². The summed E-state index contributed by atoms with van der Waals surface area (Å²) in [6, 6.07) is 7.26. The molecule has 1 atom stereocenters. The number of hydrogen-bond donors (Lipinski definition) is 3. The Morgan fingerprint density at radius 2 is 2.05 bits per heavy atom. The van der Waals surface area contributed by atoms with Crippen LogP contribution in [-0.2, 0) is 11.3 Å². The van der Waals surface area contributed by atoms with Gasteiger partial charge in [-0.2, -0.15) is 0 Å². The zero-order chi connectivity index (χ0) is 14.4. The van der Waals surface area contributed by atoms with Crippen LogP contribution >= 0.6 is 0 Å². The molecule has 2 amide bonds. The van der Waals surface area contributed by atoms with Gasteiger partial charge in [0.05, 0.1) is 5.92 Å². The number of hydrogen-bond acceptors (Lipinski definition) is 3. The molecule has 0 unspecified atom stereocenters. The fourth-order valence-electron chi connectivity index (χ4n) is 2.33. The van der Waals surface area contributed by atoms with Crippen LogP contribution in [0.25, 0.3) is 0 Å². The number of carbonyl (C=O) groups excluding carboxylic acids is 2. The molecule has 0 aromatic heterocycles. The van der Waals surface area contributed by atoms with E-state index in [0.717, 1.165) is 31.5 Å². The zero-order valence-corrected chi connectivity index (χ0v) is 11.7. The van der Waals surface area contributed by atoms with Crippen LogP contribution in [0.1, 0.15) is 28.8 Å². The van der Waals surface area contributed by atoms with E-state index >= 15 is 0 Å². The third-order valence-corrected chi connectivity index (χ3v) is 3.58. The third kappa shape index (κ3) is 3.81. The smallest absolute Gasteiger partial charge is 0.251 e. The molecule has 0 spiro atoms. The SMILES string of the molecule is CNC(=O)c1ccc(CNC(=O)[C@H]2CCCNC2)cc1. The first-order valence-corrected chi connectivity index (χ1v) is 7.00. The van der Waals surface area contributed by atoms with Gasteiger partial charge in [0.2, 0.25) is 5.91 Å². The maximum Gasteiger partial charge on any atom is 0.251 e. The molecule has 1 fully saturated rings. The number of amides is 2. The van der Waals surface area contributed by atoms with Crippen LogP contribution < -0.4 is 16.0 Å². The van der Waals surface area contributed by atoms with Gasteiger partial charge in [0.25, 0.3) is 5.91 Å². The van der Waals surface area contributed by atoms with Gasteiger partial charge in [-0.25, -0.2) is 0 Å². The maximum absolute atomic E-state index is 12.0. The topological polar surface area (TPSA) is 70.2 Å². The first-order chi connectivity index (χ1) is 9.70. The number of piperidine rings is 1. The normalized spacial score (nSPS) is 18.4. The summed E-state index contributed by atoms with van der Waals surface area (Å²) in [5.74, 6) is 0.0790. The molecule has 20 heavy (non-hydrogen) atoms. The molecule has 0 saturated carbocycles. The van der Waals surface area contributed by atoms with Crippen LogP contribution in [-0.4, -0.2) is 32.0 Å². The highest BCUT2D eigenvalue weighted by molar-refractivity contribution is 5.93. The number of benzene rings is 1. The van der Waals surface area contributed by atoms with Gasteiger partial charge < -0.3 is 16.0 Å². The molecule has 1 aliphatic rings. The zero-order valence-electron chi connectivity index (χ0n) is 11.7. The quantitative estimate of drug-likeness (QED) is 0.756. The van der Waals surface area contributed by atoms with Gasteiger partial charge in [-0.1, -0.05) is 12.1 Å². The molecule has 2 rings (SSSR count). The highest BCUT2D eigenvalue weighted by Gasteiger charge is 2.20. The van der Waals surface area contributed by atoms with E-state index < -0.39 is 0 Å². The molecule has 1 heterocycles. The van der Waals surface area contributed by atoms with Crippen LogP contribution in [0.15, 0.2) is 24.3 Å². The van der Waals surface area contributed by atoms with E-state index in [1.807, 2.05) is 12.1 Å². The summed E-state index contributed by atoms with van der Waals surface area (Å²) in [5, 5.41) is 8.77. The monoisotopic (exact) mass is 275 g/mol. The summed E-state index contributed by atoms with van der Waals surface area (Å²) < 4.78 is 0. The van der Waals surface area contributed by atoms with Crippen LogP contribution in [0.4, 0.5) is 0 Å². The highest BCUT2D eigenvalue weighted by Crippen LogP contribution is 2.10. The van der Waals surface area contributed by atoms with Crippen molar-refractivity contribution < 1.29 is 9.59 Å². The standard InChI is InChI=1S/C15H21N3O2/c1-16-14(19)12-6-4-11(5-7-12)9-18-15(20)13-3-2-8-17-10-13/h4-7,13,17H,2-3,8-10H2,1H3,(H,16,19)(H,18,20)/t13-/m0/s1. The first-order valence-electron chi connectivity index (χ1n) is 7.00. The molecule has 5 nitrogen and oxygen atoms in total. The van der Waals surface area contributed by atoms with Crippen molar-refractivity contribution in [3.05, 3.63) is 35.4 Å². The van der Waals surface area contributed by atoms with Crippen LogP contribution in [0, 0.1) is 5.92 Å². The lowest BCUT2D eigenvalue weighted by atomic mass is 9.99. The van der Waals surface area contributed by atoms with Crippen molar-refractivity contribution in [3.8, 4) is 0 Å². The Morgan fingerprint density at radius 1 is 1.30 bits per heavy atom. The summed E-state index contributed by atoms with van der Waals surface area (Å²) in [6.07, 6.45) is 2.01. The third-order valence-electron chi connectivity index (χ3n) is 3.58. The number of carbonyl (C=O) groups is 2. The lowest BCUT2D eigenvalue weighted by Crippen LogP contribution is -2.40. The second-order valence-corrected chi connectivity index (χ2v) is 5.04. The average molecular weight is 275 g/mol. The van der Waals surface area contributed by atoms with Crippen molar-refractivity contribution in [1.82, 2.24) is 16.0 Å². The van der Waals surface area contributed by atoms with E-state index in [-0.39, 0.29) is 17.7 Å². The molecule has 3 N–H and O–H groups in total. The van der Waals surface area contributed by atoms with E-state index in [1.54, 1.807) is 19.2 Å². The van der Waals surface area contributed by atoms with Crippen LogP contribution in [0.3, 0.4) is 0 Å². The molecule has 1 aromatic carbocycles. The van der Waals surface area contributed by atoms with Crippen molar-refractivity contribution in [2.24, 2.45) is 5.92 Å². The Kier molecular flexibility index (Phi) is 5.12. The highest BCUT2D eigenvalue weighted by atomic mass is 16.2. The molecule has 5 heteroatoms. The first kappa shape index (κ1) is 14.5. The van der Waals surface area contributed by atoms with E-state index in [1.165, 1.54) is 0 Å². The Balaban J connectivity index is 1.84. The molecule has 0 bridgehead atoms. The predicted molar refractivity (Wildman–Crippen MR) is 77.3 cm³/mol. The van der Waals surface area contributed by atoms with Crippen molar-refractivity contribution >= 4 is 11.8 Å². The summed E-state index contributed by atoms with van der Waals surface area (Å²) in [4.78, 5) is 23.4.